The molecule has 2 aliphatic rings. The molecule has 0 bridgehead atoms. The summed E-state index contributed by atoms with van der Waals surface area (Å²) >= 11 is 0. The summed E-state index contributed by atoms with van der Waals surface area (Å²) in [4.78, 5) is 14.5. The van der Waals surface area contributed by atoms with E-state index in [0.29, 0.717) is 18.4 Å². The molecule has 2 aromatic rings. The van der Waals surface area contributed by atoms with Crippen molar-refractivity contribution < 1.29 is 9.53 Å². The first-order valence-electron chi connectivity index (χ1n) is 10.3. The van der Waals surface area contributed by atoms with Crippen LogP contribution < -0.4 is 10.1 Å². The first kappa shape index (κ1) is 18.3. The third-order valence-electron chi connectivity index (χ3n) is 5.91. The highest BCUT2D eigenvalue weighted by atomic mass is 16.5. The molecule has 2 aromatic carbocycles. The van der Waals surface area contributed by atoms with E-state index in [-0.39, 0.29) is 5.91 Å². The molecule has 4 heteroatoms. The molecule has 144 valence electrons. The summed E-state index contributed by atoms with van der Waals surface area (Å²) in [7, 11) is 1.73. The molecule has 0 unspecified atom stereocenters. The fourth-order valence-corrected chi connectivity index (χ4v) is 4.28. The van der Waals surface area contributed by atoms with Gasteiger partial charge in [0.15, 0.2) is 0 Å². The van der Waals surface area contributed by atoms with Crippen LogP contribution in [-0.4, -0.2) is 37.0 Å². The average Bonchev–Trinajstić information content (AvgIpc) is 3.51. The molecule has 1 saturated carbocycles. The SMILES string of the molecule is COc1ccc(CN2CCC[C@@H](CCC(=O)NC3CC3)C2)c2ccccc12. The number of carbonyl (C=O) groups is 1. The summed E-state index contributed by atoms with van der Waals surface area (Å²) in [5, 5.41) is 5.57. The van der Waals surface area contributed by atoms with E-state index in [9.17, 15) is 4.79 Å². The highest BCUT2D eigenvalue weighted by molar-refractivity contribution is 5.91. The zero-order valence-electron chi connectivity index (χ0n) is 16.2. The molecule has 27 heavy (non-hydrogen) atoms. The van der Waals surface area contributed by atoms with E-state index >= 15 is 0 Å². The van der Waals surface area contributed by atoms with Gasteiger partial charge in [-0.1, -0.05) is 30.3 Å². The molecule has 2 fully saturated rings. The Labute approximate surface area is 161 Å². The van der Waals surface area contributed by atoms with Gasteiger partial charge in [-0.2, -0.15) is 0 Å². The van der Waals surface area contributed by atoms with Crippen LogP contribution in [0.2, 0.25) is 0 Å². The van der Waals surface area contributed by atoms with Crippen molar-refractivity contribution in [3.63, 3.8) is 0 Å². The molecular weight excluding hydrogens is 336 g/mol. The van der Waals surface area contributed by atoms with Gasteiger partial charge in [-0.05, 0) is 61.6 Å². The van der Waals surface area contributed by atoms with E-state index in [2.05, 4.69) is 46.6 Å². The maximum atomic E-state index is 12.0. The number of hydrogen-bond donors (Lipinski definition) is 1. The maximum absolute atomic E-state index is 12.0. The van der Waals surface area contributed by atoms with E-state index in [0.717, 1.165) is 31.8 Å². The third kappa shape index (κ3) is 4.62. The van der Waals surface area contributed by atoms with Crippen LogP contribution >= 0.6 is 0 Å². The Morgan fingerprint density at radius 3 is 2.74 bits per heavy atom. The number of amides is 1. The topological polar surface area (TPSA) is 41.6 Å². The number of likely N-dealkylation sites (tertiary alicyclic amines) is 1. The lowest BCUT2D eigenvalue weighted by Gasteiger charge is -2.33. The van der Waals surface area contributed by atoms with Crippen LogP contribution in [0.3, 0.4) is 0 Å². The Hall–Kier alpha value is -2.07. The largest absolute Gasteiger partial charge is 0.496 e. The summed E-state index contributed by atoms with van der Waals surface area (Å²) in [6, 6.07) is 13.3. The molecule has 0 radical (unpaired) electrons. The van der Waals surface area contributed by atoms with Gasteiger partial charge < -0.3 is 10.1 Å². The summed E-state index contributed by atoms with van der Waals surface area (Å²) in [5.74, 6) is 1.82. The fourth-order valence-electron chi connectivity index (χ4n) is 4.28. The summed E-state index contributed by atoms with van der Waals surface area (Å²) in [6.07, 6.45) is 6.50. The van der Waals surface area contributed by atoms with E-state index in [1.165, 1.54) is 42.0 Å². The molecule has 0 aromatic heterocycles. The summed E-state index contributed by atoms with van der Waals surface area (Å²) < 4.78 is 5.52. The molecule has 0 spiro atoms. The molecule has 1 atom stereocenters. The Morgan fingerprint density at radius 2 is 1.96 bits per heavy atom. The van der Waals surface area contributed by atoms with Crippen molar-refractivity contribution in [2.24, 2.45) is 5.92 Å². The van der Waals surface area contributed by atoms with Crippen LogP contribution in [0, 0.1) is 5.92 Å². The van der Waals surface area contributed by atoms with Crippen molar-refractivity contribution >= 4 is 16.7 Å². The van der Waals surface area contributed by atoms with Crippen LogP contribution in [0.15, 0.2) is 36.4 Å². The molecule has 1 saturated heterocycles. The number of methoxy groups -OCH3 is 1. The number of nitrogens with one attached hydrogen (secondary N) is 1. The smallest absolute Gasteiger partial charge is 0.220 e. The average molecular weight is 367 g/mol. The second-order valence-electron chi connectivity index (χ2n) is 8.10. The number of fused-ring (bicyclic) bond motifs is 1. The van der Waals surface area contributed by atoms with Gasteiger partial charge >= 0.3 is 0 Å². The van der Waals surface area contributed by atoms with Gasteiger partial charge in [-0.3, -0.25) is 9.69 Å². The highest BCUT2D eigenvalue weighted by Crippen LogP contribution is 2.30. The Bertz CT molecular complexity index is 800. The molecule has 1 aliphatic carbocycles. The third-order valence-corrected chi connectivity index (χ3v) is 5.91. The van der Waals surface area contributed by atoms with Gasteiger partial charge in [0.05, 0.1) is 7.11 Å². The van der Waals surface area contributed by atoms with E-state index in [4.69, 9.17) is 4.74 Å². The quantitative estimate of drug-likeness (QED) is 0.801. The highest BCUT2D eigenvalue weighted by Gasteiger charge is 2.25. The van der Waals surface area contributed by atoms with Crippen molar-refractivity contribution in [3.8, 4) is 5.75 Å². The minimum absolute atomic E-state index is 0.246. The zero-order chi connectivity index (χ0) is 18.6. The van der Waals surface area contributed by atoms with Gasteiger partial charge in [0, 0.05) is 30.9 Å². The van der Waals surface area contributed by atoms with Gasteiger partial charge in [0.25, 0.3) is 0 Å². The molecule has 1 heterocycles. The van der Waals surface area contributed by atoms with Crippen molar-refractivity contribution in [1.82, 2.24) is 10.2 Å². The fraction of sp³-hybridized carbons (Fsp3) is 0.522. The molecule has 4 nitrogen and oxygen atoms in total. The number of hydrogen-bond acceptors (Lipinski definition) is 3. The first-order valence-corrected chi connectivity index (χ1v) is 10.3. The Morgan fingerprint density at radius 1 is 1.15 bits per heavy atom. The lowest BCUT2D eigenvalue weighted by Crippen LogP contribution is -2.35. The lowest BCUT2D eigenvalue weighted by molar-refractivity contribution is -0.121. The van der Waals surface area contributed by atoms with Crippen molar-refractivity contribution in [3.05, 3.63) is 42.0 Å². The number of piperidine rings is 1. The summed E-state index contributed by atoms with van der Waals surface area (Å²) in [5.41, 5.74) is 1.36. The van der Waals surface area contributed by atoms with Crippen LogP contribution in [0.25, 0.3) is 10.8 Å². The predicted molar refractivity (Wildman–Crippen MR) is 109 cm³/mol. The maximum Gasteiger partial charge on any atom is 0.220 e. The van der Waals surface area contributed by atoms with Crippen molar-refractivity contribution in [2.45, 2.75) is 51.1 Å². The summed E-state index contributed by atoms with van der Waals surface area (Å²) in [6.45, 7) is 3.21. The minimum atomic E-state index is 0.246. The van der Waals surface area contributed by atoms with Crippen molar-refractivity contribution in [2.75, 3.05) is 20.2 Å². The Kier molecular flexibility index (Phi) is 5.63. The molecule has 1 aliphatic heterocycles. The predicted octanol–water partition coefficient (Wildman–Crippen LogP) is 4.12. The number of carbonyl (C=O) groups excluding carboxylic acids is 1. The molecule has 4 rings (SSSR count). The Balaban J connectivity index is 1.37. The monoisotopic (exact) mass is 366 g/mol. The van der Waals surface area contributed by atoms with Crippen LogP contribution in [0.4, 0.5) is 0 Å². The van der Waals surface area contributed by atoms with Gasteiger partial charge in [0.1, 0.15) is 5.75 Å². The number of rotatable bonds is 7. The number of ether oxygens (including phenoxy) is 1. The van der Waals surface area contributed by atoms with Crippen LogP contribution in [-0.2, 0) is 11.3 Å². The normalized spacial score (nSPS) is 20.6. The molecular formula is C23H30N2O2. The van der Waals surface area contributed by atoms with Gasteiger partial charge in [-0.25, -0.2) is 0 Å². The van der Waals surface area contributed by atoms with E-state index in [1.54, 1.807) is 7.11 Å². The van der Waals surface area contributed by atoms with E-state index < -0.39 is 0 Å². The van der Waals surface area contributed by atoms with Gasteiger partial charge in [-0.15, -0.1) is 0 Å². The lowest BCUT2D eigenvalue weighted by atomic mass is 9.92. The standard InChI is InChI=1S/C23H30N2O2/c1-27-22-12-9-18(20-6-2-3-7-21(20)22)16-25-14-4-5-17(15-25)8-13-23(26)24-19-10-11-19/h2-3,6-7,9,12,17,19H,4-5,8,10-11,13-16H2,1H3,(H,24,26)/t17-/m0/s1. The molecule has 1 amide bonds. The zero-order valence-corrected chi connectivity index (χ0v) is 16.2. The van der Waals surface area contributed by atoms with Crippen molar-refractivity contribution in [1.29, 1.82) is 0 Å². The molecule has 1 N–H and O–H groups in total. The van der Waals surface area contributed by atoms with E-state index in [1.807, 2.05) is 0 Å². The first-order chi connectivity index (χ1) is 13.2. The number of benzene rings is 2. The number of nitrogens with zero attached hydrogens (tertiary/aromatic N) is 1. The van der Waals surface area contributed by atoms with Crippen LogP contribution in [0.1, 0.15) is 44.1 Å². The second kappa shape index (κ2) is 8.30. The minimum Gasteiger partial charge on any atom is -0.496 e. The van der Waals surface area contributed by atoms with Crippen LogP contribution in [0.5, 0.6) is 5.75 Å². The second-order valence-corrected chi connectivity index (χ2v) is 8.10. The van der Waals surface area contributed by atoms with Gasteiger partial charge in [0.2, 0.25) is 5.91 Å².